The Bertz CT molecular complexity index is 956. The van der Waals surface area contributed by atoms with Crippen molar-refractivity contribution in [2.75, 3.05) is 19.0 Å². The summed E-state index contributed by atoms with van der Waals surface area (Å²) >= 11 is 5.32. The maximum absolute atomic E-state index is 12.2. The smallest absolute Gasteiger partial charge is 0.253 e. The number of anilines is 1. The van der Waals surface area contributed by atoms with E-state index < -0.39 is 0 Å². The molecule has 0 aliphatic carbocycles. The number of aryl methyl sites for hydroxylation is 1. The number of carbonyl (C=O) groups is 1. The minimum absolute atomic E-state index is 0.103. The van der Waals surface area contributed by atoms with E-state index >= 15 is 0 Å². The van der Waals surface area contributed by atoms with E-state index in [1.165, 1.54) is 0 Å². The van der Waals surface area contributed by atoms with Crippen LogP contribution in [-0.4, -0.2) is 24.7 Å². The number of carbonyl (C=O) groups excluding carboxylic acids is 1. The summed E-state index contributed by atoms with van der Waals surface area (Å²) in [5.74, 6) is 0.387. The minimum atomic E-state index is -0.230. The molecule has 2 aromatic rings. The first-order valence-corrected chi connectivity index (χ1v) is 8.86. The van der Waals surface area contributed by atoms with Crippen LogP contribution >= 0.6 is 12.2 Å². The lowest BCUT2D eigenvalue weighted by molar-refractivity contribution is -0.120. The summed E-state index contributed by atoms with van der Waals surface area (Å²) in [5.41, 5.74) is 1.90. The molecule has 1 amide bonds. The van der Waals surface area contributed by atoms with Crippen LogP contribution in [0.1, 0.15) is 12.0 Å². The standard InChI is InChI=1S/C20H21N3O2S/c1-13-7-8-14-12-15(19(24)22-17(14)11-13)9-10-21-20(26)23-16-5-3-4-6-18(16)25-2/h3-8,11-12,15H,9-10H2,1-2H3,(H2,21,23,26). The van der Waals surface area contributed by atoms with E-state index in [1.54, 1.807) is 7.11 Å². The molecule has 1 unspecified atom stereocenters. The Labute approximate surface area is 157 Å². The third-order valence-electron chi connectivity index (χ3n) is 4.21. The zero-order valence-electron chi connectivity index (χ0n) is 14.8. The van der Waals surface area contributed by atoms with Crippen molar-refractivity contribution in [1.29, 1.82) is 0 Å². The van der Waals surface area contributed by atoms with E-state index in [1.807, 2.05) is 55.5 Å². The predicted octanol–water partition coefficient (Wildman–Crippen LogP) is 1.94. The maximum atomic E-state index is 12.2. The third-order valence-corrected chi connectivity index (χ3v) is 4.46. The van der Waals surface area contributed by atoms with E-state index in [-0.39, 0.29) is 11.8 Å². The molecule has 1 atom stereocenters. The molecule has 0 spiro atoms. The maximum Gasteiger partial charge on any atom is 0.253 e. The fraction of sp³-hybridized carbons (Fsp3) is 0.250. The molecule has 134 valence electrons. The topological polar surface area (TPSA) is 62.7 Å². The molecule has 0 saturated carbocycles. The number of fused-ring (bicyclic) bond motifs is 1. The first-order chi connectivity index (χ1) is 12.6. The molecule has 2 aromatic carbocycles. The van der Waals surface area contributed by atoms with Crippen LogP contribution in [0.25, 0.3) is 6.08 Å². The Hall–Kier alpha value is -2.73. The largest absolute Gasteiger partial charge is 0.495 e. The van der Waals surface area contributed by atoms with Gasteiger partial charge in [0.05, 0.1) is 24.1 Å². The molecule has 0 bridgehead atoms. The highest BCUT2D eigenvalue weighted by Crippen LogP contribution is 2.22. The van der Waals surface area contributed by atoms with Crippen molar-refractivity contribution in [3.8, 4) is 5.75 Å². The van der Waals surface area contributed by atoms with E-state index in [9.17, 15) is 4.79 Å². The third kappa shape index (κ3) is 4.26. The van der Waals surface area contributed by atoms with Crippen molar-refractivity contribution in [3.05, 3.63) is 58.6 Å². The van der Waals surface area contributed by atoms with Crippen LogP contribution in [0.5, 0.6) is 5.75 Å². The molecule has 0 fully saturated rings. The van der Waals surface area contributed by atoms with Gasteiger partial charge in [0, 0.05) is 6.54 Å². The summed E-state index contributed by atoms with van der Waals surface area (Å²) in [5, 5.41) is 8.50. The Kier molecular flexibility index (Phi) is 5.63. The van der Waals surface area contributed by atoms with Gasteiger partial charge < -0.3 is 15.4 Å². The minimum Gasteiger partial charge on any atom is -0.495 e. The zero-order valence-corrected chi connectivity index (χ0v) is 15.6. The van der Waals surface area contributed by atoms with Crippen molar-refractivity contribution in [2.45, 2.75) is 13.3 Å². The first kappa shape index (κ1) is 18.1. The molecule has 0 saturated heterocycles. The highest BCUT2D eigenvalue weighted by molar-refractivity contribution is 7.80. The molecule has 0 radical (unpaired) electrons. The molecular weight excluding hydrogens is 346 g/mol. The Morgan fingerprint density at radius 2 is 2.08 bits per heavy atom. The SMILES string of the molecule is COc1ccccc1NC(=S)NCCC1C=c2ccc(C)cc2=NC1=O. The van der Waals surface area contributed by atoms with Gasteiger partial charge in [0.15, 0.2) is 5.11 Å². The van der Waals surface area contributed by atoms with Gasteiger partial charge in [-0.3, -0.25) is 4.79 Å². The van der Waals surface area contributed by atoms with Crippen molar-refractivity contribution in [1.82, 2.24) is 5.32 Å². The second-order valence-corrected chi connectivity index (χ2v) is 6.56. The number of thiocarbonyl (C=S) groups is 1. The van der Waals surface area contributed by atoms with Crippen molar-refractivity contribution in [3.63, 3.8) is 0 Å². The number of ether oxygens (including phenoxy) is 1. The van der Waals surface area contributed by atoms with Crippen molar-refractivity contribution >= 4 is 35.0 Å². The van der Waals surface area contributed by atoms with Crippen LogP contribution in [0.2, 0.25) is 0 Å². The van der Waals surface area contributed by atoms with Gasteiger partial charge in [0.1, 0.15) is 5.75 Å². The number of benzene rings is 2. The lowest BCUT2D eigenvalue weighted by atomic mass is 10.00. The molecule has 1 heterocycles. The van der Waals surface area contributed by atoms with Gasteiger partial charge in [-0.25, -0.2) is 4.99 Å². The number of nitrogens with one attached hydrogen (secondary N) is 2. The zero-order chi connectivity index (χ0) is 18.5. The highest BCUT2D eigenvalue weighted by atomic mass is 32.1. The lowest BCUT2D eigenvalue weighted by Gasteiger charge is -2.15. The quantitative estimate of drug-likeness (QED) is 0.791. The van der Waals surface area contributed by atoms with E-state index in [0.717, 1.165) is 27.6 Å². The lowest BCUT2D eigenvalue weighted by Crippen LogP contribution is -2.36. The molecule has 1 aliphatic heterocycles. The fourth-order valence-electron chi connectivity index (χ4n) is 2.84. The number of nitrogens with zero attached hydrogens (tertiary/aromatic N) is 1. The first-order valence-electron chi connectivity index (χ1n) is 8.46. The Morgan fingerprint density at radius 1 is 1.27 bits per heavy atom. The summed E-state index contributed by atoms with van der Waals surface area (Å²) in [4.78, 5) is 16.4. The second-order valence-electron chi connectivity index (χ2n) is 6.16. The molecule has 0 aromatic heterocycles. The average molecular weight is 367 g/mol. The van der Waals surface area contributed by atoms with Crippen molar-refractivity contribution in [2.24, 2.45) is 10.9 Å². The number of rotatable bonds is 5. The van der Waals surface area contributed by atoms with Gasteiger partial charge in [-0.05, 0) is 54.5 Å². The number of methoxy groups -OCH3 is 1. The van der Waals surface area contributed by atoms with E-state index in [0.29, 0.717) is 18.1 Å². The predicted molar refractivity (Wildman–Crippen MR) is 107 cm³/mol. The fourth-order valence-corrected chi connectivity index (χ4v) is 3.06. The normalized spacial score (nSPS) is 15.3. The number of para-hydroxylation sites is 2. The van der Waals surface area contributed by atoms with Gasteiger partial charge >= 0.3 is 0 Å². The van der Waals surface area contributed by atoms with Crippen LogP contribution in [0, 0.1) is 12.8 Å². The molecule has 3 rings (SSSR count). The summed E-state index contributed by atoms with van der Waals surface area (Å²) in [6, 6.07) is 13.5. The molecular formula is C20H21N3O2S. The van der Waals surface area contributed by atoms with Crippen LogP contribution in [0.15, 0.2) is 47.5 Å². The van der Waals surface area contributed by atoms with Gasteiger partial charge in [0.25, 0.3) is 5.91 Å². The van der Waals surface area contributed by atoms with Crippen LogP contribution in [0.4, 0.5) is 5.69 Å². The van der Waals surface area contributed by atoms with Crippen LogP contribution in [-0.2, 0) is 4.79 Å². The van der Waals surface area contributed by atoms with Crippen molar-refractivity contribution < 1.29 is 9.53 Å². The van der Waals surface area contributed by atoms with Gasteiger partial charge in [-0.1, -0.05) is 30.3 Å². The highest BCUT2D eigenvalue weighted by Gasteiger charge is 2.18. The Balaban J connectivity index is 1.57. The monoisotopic (exact) mass is 367 g/mol. The molecule has 2 N–H and O–H groups in total. The summed E-state index contributed by atoms with van der Waals surface area (Å²) in [6.07, 6.45) is 2.62. The number of hydrogen-bond donors (Lipinski definition) is 2. The van der Waals surface area contributed by atoms with Gasteiger partial charge in [-0.15, -0.1) is 0 Å². The number of hydrogen-bond acceptors (Lipinski definition) is 3. The summed E-state index contributed by atoms with van der Waals surface area (Å²) in [7, 11) is 1.62. The number of amides is 1. The second kappa shape index (κ2) is 8.10. The molecule has 6 heteroatoms. The van der Waals surface area contributed by atoms with Crippen LogP contribution < -0.4 is 25.9 Å². The van der Waals surface area contributed by atoms with Crippen LogP contribution in [0.3, 0.4) is 0 Å². The Morgan fingerprint density at radius 3 is 2.88 bits per heavy atom. The molecule has 1 aliphatic rings. The van der Waals surface area contributed by atoms with Gasteiger partial charge in [0.2, 0.25) is 0 Å². The molecule has 5 nitrogen and oxygen atoms in total. The average Bonchev–Trinajstić information content (AvgIpc) is 2.62. The summed E-state index contributed by atoms with van der Waals surface area (Å²) < 4.78 is 5.29. The van der Waals surface area contributed by atoms with E-state index in [4.69, 9.17) is 17.0 Å². The van der Waals surface area contributed by atoms with Gasteiger partial charge in [-0.2, -0.15) is 0 Å². The van der Waals surface area contributed by atoms with E-state index in [2.05, 4.69) is 15.6 Å². The summed E-state index contributed by atoms with van der Waals surface area (Å²) in [6.45, 7) is 2.57. The molecule has 26 heavy (non-hydrogen) atoms.